The van der Waals surface area contributed by atoms with Gasteiger partial charge in [-0.1, -0.05) is 41.9 Å². The van der Waals surface area contributed by atoms with E-state index in [2.05, 4.69) is 0 Å². The largest absolute Gasteiger partial charge is 0.468 e. The van der Waals surface area contributed by atoms with Gasteiger partial charge in [0.15, 0.2) is 11.2 Å². The number of para-hydroxylation sites is 1. The number of piperazine rings is 1. The molecule has 0 saturated carbocycles. The van der Waals surface area contributed by atoms with Gasteiger partial charge in [0.1, 0.15) is 11.6 Å². The van der Waals surface area contributed by atoms with E-state index in [0.717, 1.165) is 0 Å². The maximum Gasteiger partial charge on any atom is 0.327 e. The van der Waals surface area contributed by atoms with Crippen LogP contribution in [-0.4, -0.2) is 55.0 Å². The number of esters is 1. The molecule has 3 aromatic rings. The van der Waals surface area contributed by atoms with Gasteiger partial charge in [-0.15, -0.1) is 0 Å². The Balaban J connectivity index is 1.52. The van der Waals surface area contributed by atoms with Crippen molar-refractivity contribution in [1.82, 2.24) is 9.80 Å². The predicted molar refractivity (Wildman–Crippen MR) is 116 cm³/mol. The van der Waals surface area contributed by atoms with Gasteiger partial charge in [0.05, 0.1) is 12.5 Å². The van der Waals surface area contributed by atoms with Crippen LogP contribution in [0, 0.1) is 0 Å². The van der Waals surface area contributed by atoms with Crippen LogP contribution in [0.2, 0.25) is 5.02 Å². The van der Waals surface area contributed by atoms with Gasteiger partial charge in [-0.3, -0.25) is 14.5 Å². The van der Waals surface area contributed by atoms with Gasteiger partial charge in [-0.2, -0.15) is 0 Å². The molecule has 0 radical (unpaired) electrons. The highest BCUT2D eigenvalue weighted by Crippen LogP contribution is 2.29. The molecule has 0 unspecified atom stereocenters. The third-order valence-electron chi connectivity index (χ3n) is 5.44. The molecule has 1 aliphatic heterocycles. The summed E-state index contributed by atoms with van der Waals surface area (Å²) in [5.41, 5.74) is 0.783. The molecular formula is C23H21ClN2O5. The lowest BCUT2D eigenvalue weighted by Crippen LogP contribution is -2.51. The molecule has 0 bridgehead atoms. The average molecular weight is 441 g/mol. The first-order valence-corrected chi connectivity index (χ1v) is 10.3. The molecule has 0 N–H and O–H groups in total. The fourth-order valence-electron chi connectivity index (χ4n) is 3.83. The van der Waals surface area contributed by atoms with Crippen molar-refractivity contribution in [2.45, 2.75) is 6.04 Å². The second kappa shape index (κ2) is 8.91. The van der Waals surface area contributed by atoms with Gasteiger partial charge >= 0.3 is 5.97 Å². The molecule has 8 heteroatoms. The first-order chi connectivity index (χ1) is 15.0. The Labute approximate surface area is 183 Å². The minimum absolute atomic E-state index is 0.00720. The van der Waals surface area contributed by atoms with Crippen LogP contribution in [0.3, 0.4) is 0 Å². The fraction of sp³-hybridized carbons (Fsp3) is 0.261. The van der Waals surface area contributed by atoms with Crippen LogP contribution in [0.25, 0.3) is 11.0 Å². The third-order valence-corrected chi connectivity index (χ3v) is 5.78. The molecule has 2 heterocycles. The summed E-state index contributed by atoms with van der Waals surface area (Å²) in [6, 6.07) is 14.5. The highest BCUT2D eigenvalue weighted by atomic mass is 35.5. The van der Waals surface area contributed by atoms with E-state index in [-0.39, 0.29) is 17.1 Å². The summed E-state index contributed by atoms with van der Waals surface area (Å²) >= 11 is 6.32. The number of hydrogen-bond acceptors (Lipinski definition) is 6. The lowest BCUT2D eigenvalue weighted by atomic mass is 10.0. The molecule has 31 heavy (non-hydrogen) atoms. The number of rotatable bonds is 4. The molecule has 4 rings (SSSR count). The molecule has 1 fully saturated rings. The van der Waals surface area contributed by atoms with Crippen LogP contribution in [-0.2, 0) is 9.53 Å². The summed E-state index contributed by atoms with van der Waals surface area (Å²) in [6.07, 6.45) is 0. The molecule has 0 spiro atoms. The van der Waals surface area contributed by atoms with Crippen molar-refractivity contribution in [2.24, 2.45) is 0 Å². The lowest BCUT2D eigenvalue weighted by molar-refractivity contribution is -0.148. The fourth-order valence-corrected chi connectivity index (χ4v) is 4.07. The van der Waals surface area contributed by atoms with Gasteiger partial charge in [-0.25, -0.2) is 4.79 Å². The first kappa shape index (κ1) is 21.1. The molecule has 1 atom stereocenters. The van der Waals surface area contributed by atoms with E-state index in [1.807, 2.05) is 11.0 Å². The lowest BCUT2D eigenvalue weighted by Gasteiger charge is -2.38. The van der Waals surface area contributed by atoms with Gasteiger partial charge in [0, 0.05) is 37.3 Å². The number of methoxy groups -OCH3 is 1. The number of carbonyl (C=O) groups is 2. The smallest absolute Gasteiger partial charge is 0.327 e. The monoisotopic (exact) mass is 440 g/mol. The van der Waals surface area contributed by atoms with Crippen molar-refractivity contribution < 1.29 is 18.7 Å². The number of fused-ring (bicyclic) bond motifs is 1. The number of carbonyl (C=O) groups excluding carboxylic acids is 2. The zero-order valence-electron chi connectivity index (χ0n) is 16.9. The van der Waals surface area contributed by atoms with E-state index in [4.69, 9.17) is 20.8 Å². The minimum Gasteiger partial charge on any atom is -0.468 e. The number of amides is 1. The number of nitrogens with zero attached hydrogens (tertiary/aromatic N) is 2. The summed E-state index contributed by atoms with van der Waals surface area (Å²) in [5, 5.41) is 0.916. The zero-order chi connectivity index (χ0) is 22.0. The number of halogens is 1. The summed E-state index contributed by atoms with van der Waals surface area (Å²) in [4.78, 5) is 41.3. The van der Waals surface area contributed by atoms with Crippen molar-refractivity contribution >= 4 is 34.4 Å². The highest BCUT2D eigenvalue weighted by Gasteiger charge is 2.34. The Kier molecular flexibility index (Phi) is 6.06. The molecule has 2 aromatic carbocycles. The molecule has 1 amide bonds. The molecule has 1 aliphatic rings. The van der Waals surface area contributed by atoms with E-state index in [0.29, 0.717) is 47.7 Å². The van der Waals surface area contributed by atoms with Gasteiger partial charge in [0.2, 0.25) is 0 Å². The van der Waals surface area contributed by atoms with Crippen molar-refractivity contribution in [3.8, 4) is 0 Å². The van der Waals surface area contributed by atoms with E-state index >= 15 is 0 Å². The van der Waals surface area contributed by atoms with Crippen LogP contribution in [0.4, 0.5) is 0 Å². The minimum atomic E-state index is -0.658. The van der Waals surface area contributed by atoms with Gasteiger partial charge in [0.25, 0.3) is 5.91 Å². The van der Waals surface area contributed by atoms with Crippen LogP contribution in [0.5, 0.6) is 0 Å². The Morgan fingerprint density at radius 3 is 2.42 bits per heavy atom. The van der Waals surface area contributed by atoms with Gasteiger partial charge < -0.3 is 14.1 Å². The van der Waals surface area contributed by atoms with Crippen molar-refractivity contribution in [2.75, 3.05) is 33.3 Å². The van der Waals surface area contributed by atoms with Crippen molar-refractivity contribution in [1.29, 1.82) is 0 Å². The topological polar surface area (TPSA) is 80.1 Å². The van der Waals surface area contributed by atoms with Crippen LogP contribution in [0.15, 0.2) is 63.8 Å². The quantitative estimate of drug-likeness (QED) is 0.580. The third kappa shape index (κ3) is 4.19. The summed E-state index contributed by atoms with van der Waals surface area (Å²) < 4.78 is 10.7. The summed E-state index contributed by atoms with van der Waals surface area (Å²) in [7, 11) is 1.34. The maximum absolute atomic E-state index is 12.9. The molecule has 160 valence electrons. The molecule has 7 nitrogen and oxygen atoms in total. The standard InChI is InChI=1S/C23H21ClN2O5/c1-30-23(29)21(15-6-2-4-8-17(15)24)25-10-12-26(13-11-25)22(28)20-14-18(27)16-7-3-5-9-19(16)31-20/h2-9,14,21H,10-13H2,1H3/t21-/m1/s1. The maximum atomic E-state index is 12.9. The average Bonchev–Trinajstić information content (AvgIpc) is 2.80. The molecular weight excluding hydrogens is 420 g/mol. The van der Waals surface area contributed by atoms with Crippen molar-refractivity contribution in [3.05, 3.63) is 81.2 Å². The van der Waals surface area contributed by atoms with Crippen LogP contribution in [0.1, 0.15) is 22.2 Å². The molecule has 1 saturated heterocycles. The zero-order valence-corrected chi connectivity index (χ0v) is 17.7. The predicted octanol–water partition coefficient (Wildman–Crippen LogP) is 3.12. The summed E-state index contributed by atoms with van der Waals surface area (Å²) in [5.74, 6) is -0.754. The van der Waals surface area contributed by atoms with Crippen LogP contribution < -0.4 is 5.43 Å². The Morgan fingerprint density at radius 1 is 1.03 bits per heavy atom. The van der Waals surface area contributed by atoms with Crippen molar-refractivity contribution in [3.63, 3.8) is 0 Å². The van der Waals surface area contributed by atoms with E-state index < -0.39 is 12.0 Å². The normalized spacial score (nSPS) is 15.6. The SMILES string of the molecule is COC(=O)[C@@H](c1ccccc1Cl)N1CCN(C(=O)c2cc(=O)c3ccccc3o2)CC1. The number of ether oxygens (including phenoxy) is 1. The Morgan fingerprint density at radius 2 is 1.71 bits per heavy atom. The molecule has 0 aliphatic carbocycles. The Hall–Kier alpha value is -3.16. The van der Waals surface area contributed by atoms with Gasteiger partial charge in [-0.05, 0) is 23.8 Å². The van der Waals surface area contributed by atoms with E-state index in [9.17, 15) is 14.4 Å². The second-order valence-corrected chi connectivity index (χ2v) is 7.65. The number of hydrogen-bond donors (Lipinski definition) is 0. The van der Waals surface area contributed by atoms with E-state index in [1.165, 1.54) is 13.2 Å². The number of benzene rings is 2. The summed E-state index contributed by atoms with van der Waals surface area (Å²) in [6.45, 7) is 1.61. The van der Waals surface area contributed by atoms with Crippen LogP contribution >= 0.6 is 11.6 Å². The first-order valence-electron chi connectivity index (χ1n) is 9.88. The molecule has 1 aromatic heterocycles. The van der Waals surface area contributed by atoms with E-state index in [1.54, 1.807) is 47.4 Å². The second-order valence-electron chi connectivity index (χ2n) is 7.25. The highest BCUT2D eigenvalue weighted by molar-refractivity contribution is 6.31. The Bertz CT molecular complexity index is 1180.